The molecule has 0 spiro atoms. The minimum absolute atomic E-state index is 0.244. The number of hydrogen-bond donors (Lipinski definition) is 0. The van der Waals surface area contributed by atoms with E-state index < -0.39 is 0 Å². The third-order valence-corrected chi connectivity index (χ3v) is 2.95. The van der Waals surface area contributed by atoms with Gasteiger partial charge in [-0.2, -0.15) is 0 Å². The highest BCUT2D eigenvalue weighted by Gasteiger charge is 2.28. The number of hydrogen-bond acceptors (Lipinski definition) is 0. The van der Waals surface area contributed by atoms with Crippen molar-refractivity contribution in [2.24, 2.45) is 11.3 Å². The molecule has 0 aliphatic heterocycles. The molecular formula is C10H20N. The molecule has 1 N–H and O–H groups in total. The molecule has 1 radical (unpaired) electrons. The molecule has 1 nitrogen and oxygen atoms in total. The zero-order chi connectivity index (χ0) is 8.48. The summed E-state index contributed by atoms with van der Waals surface area (Å²) in [6, 6.07) is 0.244. The molecule has 0 atom stereocenters. The van der Waals surface area contributed by atoms with Gasteiger partial charge >= 0.3 is 0 Å². The average Bonchev–Trinajstić information content (AvgIpc) is 1.86. The van der Waals surface area contributed by atoms with E-state index in [1.54, 1.807) is 0 Å². The third-order valence-electron chi connectivity index (χ3n) is 2.95. The maximum Gasteiger partial charge on any atom is 0.0213 e. The van der Waals surface area contributed by atoms with Crippen molar-refractivity contribution in [2.45, 2.75) is 52.5 Å². The topological polar surface area (TPSA) is 23.8 Å². The quantitative estimate of drug-likeness (QED) is 0.512. The Balaban J connectivity index is 2.39. The molecule has 0 aromatic carbocycles. The first-order chi connectivity index (χ1) is 5.00. The van der Waals surface area contributed by atoms with Gasteiger partial charge in [0.25, 0.3) is 0 Å². The van der Waals surface area contributed by atoms with E-state index in [4.69, 9.17) is 5.73 Å². The van der Waals surface area contributed by atoms with E-state index in [-0.39, 0.29) is 6.04 Å². The molecule has 0 aromatic rings. The lowest BCUT2D eigenvalue weighted by Crippen LogP contribution is -2.28. The average molecular weight is 154 g/mol. The third kappa shape index (κ3) is 2.48. The molecule has 1 heteroatoms. The van der Waals surface area contributed by atoms with Crippen molar-refractivity contribution < 1.29 is 0 Å². The number of rotatable bonds is 0. The minimum Gasteiger partial charge on any atom is -0.255 e. The van der Waals surface area contributed by atoms with Crippen LogP contribution in [0, 0.1) is 11.3 Å². The van der Waals surface area contributed by atoms with Crippen molar-refractivity contribution in [3.8, 4) is 0 Å². The van der Waals surface area contributed by atoms with Crippen LogP contribution in [0.1, 0.15) is 46.5 Å². The second kappa shape index (κ2) is 3.14. The molecule has 1 aliphatic carbocycles. The van der Waals surface area contributed by atoms with Gasteiger partial charge in [0.15, 0.2) is 0 Å². The summed E-state index contributed by atoms with van der Waals surface area (Å²) in [5.41, 5.74) is 8.04. The monoisotopic (exact) mass is 154 g/mol. The van der Waals surface area contributed by atoms with Crippen LogP contribution in [0.3, 0.4) is 0 Å². The van der Waals surface area contributed by atoms with Gasteiger partial charge in [-0.15, -0.1) is 0 Å². The van der Waals surface area contributed by atoms with E-state index in [1.165, 1.54) is 12.8 Å². The van der Waals surface area contributed by atoms with Crippen LogP contribution in [-0.4, -0.2) is 6.04 Å². The first kappa shape index (κ1) is 9.05. The van der Waals surface area contributed by atoms with Crippen LogP contribution >= 0.6 is 0 Å². The lowest BCUT2D eigenvalue weighted by Gasteiger charge is -2.35. The molecule has 0 saturated heterocycles. The molecule has 1 aliphatic rings. The summed E-state index contributed by atoms with van der Waals surface area (Å²) >= 11 is 0. The molecule has 65 valence electrons. The summed E-state index contributed by atoms with van der Waals surface area (Å²) in [6.07, 6.45) is 4.80. The standard InChI is InChI=1S/C10H20N/c1-10(2,3)8-4-6-9(11)7-5-8/h8-9,11H,4-7H2,1-3H3/t8-,9-. The van der Waals surface area contributed by atoms with Crippen LogP contribution in [0.2, 0.25) is 0 Å². The Morgan fingerprint density at radius 2 is 1.45 bits per heavy atom. The summed E-state index contributed by atoms with van der Waals surface area (Å²) in [6.45, 7) is 6.96. The van der Waals surface area contributed by atoms with Gasteiger partial charge in [0.05, 0.1) is 0 Å². The van der Waals surface area contributed by atoms with Crippen molar-refractivity contribution in [3.05, 3.63) is 0 Å². The highest BCUT2D eigenvalue weighted by Crippen LogP contribution is 2.37. The highest BCUT2D eigenvalue weighted by molar-refractivity contribution is 4.81. The smallest absolute Gasteiger partial charge is 0.0213 e. The Morgan fingerprint density at radius 3 is 1.82 bits per heavy atom. The van der Waals surface area contributed by atoms with E-state index in [0.29, 0.717) is 5.41 Å². The fourth-order valence-electron chi connectivity index (χ4n) is 1.96. The van der Waals surface area contributed by atoms with Crippen LogP contribution < -0.4 is 5.73 Å². The van der Waals surface area contributed by atoms with Crippen LogP contribution in [0.4, 0.5) is 0 Å². The normalized spacial score (nSPS) is 33.8. The highest BCUT2D eigenvalue weighted by atomic mass is 14.6. The lowest BCUT2D eigenvalue weighted by atomic mass is 9.71. The summed E-state index contributed by atoms with van der Waals surface area (Å²) in [5.74, 6) is 0.865. The fourth-order valence-corrected chi connectivity index (χ4v) is 1.96. The second-order valence-corrected chi connectivity index (χ2v) is 4.91. The Hall–Kier alpha value is -0.0400. The first-order valence-corrected chi connectivity index (χ1v) is 4.71. The molecule has 11 heavy (non-hydrogen) atoms. The van der Waals surface area contributed by atoms with Crippen LogP contribution in [0.15, 0.2) is 0 Å². The lowest BCUT2D eigenvalue weighted by molar-refractivity contribution is 0.168. The molecule has 1 fully saturated rings. The largest absolute Gasteiger partial charge is 0.255 e. The van der Waals surface area contributed by atoms with Crippen molar-refractivity contribution in [2.75, 3.05) is 0 Å². The van der Waals surface area contributed by atoms with E-state index in [1.807, 2.05) is 0 Å². The predicted molar refractivity (Wildman–Crippen MR) is 48.3 cm³/mol. The maximum absolute atomic E-state index is 7.57. The fraction of sp³-hybridized carbons (Fsp3) is 1.00. The van der Waals surface area contributed by atoms with Crippen molar-refractivity contribution in [1.29, 1.82) is 0 Å². The van der Waals surface area contributed by atoms with Crippen LogP contribution in [0.5, 0.6) is 0 Å². The zero-order valence-corrected chi connectivity index (χ0v) is 7.98. The first-order valence-electron chi connectivity index (χ1n) is 4.71. The maximum atomic E-state index is 7.57. The summed E-state index contributed by atoms with van der Waals surface area (Å²) in [5, 5.41) is 0. The molecule has 0 bridgehead atoms. The van der Waals surface area contributed by atoms with Crippen molar-refractivity contribution in [1.82, 2.24) is 5.73 Å². The van der Waals surface area contributed by atoms with Gasteiger partial charge in [-0.3, -0.25) is 5.73 Å². The Labute approximate surface area is 70.4 Å². The van der Waals surface area contributed by atoms with Gasteiger partial charge in [-0.1, -0.05) is 20.8 Å². The molecule has 0 aromatic heterocycles. The minimum atomic E-state index is 0.244. The molecule has 1 saturated carbocycles. The van der Waals surface area contributed by atoms with Gasteiger partial charge in [0.2, 0.25) is 0 Å². The molecule has 1 rings (SSSR count). The van der Waals surface area contributed by atoms with Crippen LogP contribution in [-0.2, 0) is 0 Å². The van der Waals surface area contributed by atoms with Gasteiger partial charge in [-0.25, -0.2) is 0 Å². The van der Waals surface area contributed by atoms with Gasteiger partial charge in [0, 0.05) is 6.04 Å². The van der Waals surface area contributed by atoms with Gasteiger partial charge < -0.3 is 0 Å². The van der Waals surface area contributed by atoms with Gasteiger partial charge in [0.1, 0.15) is 0 Å². The Bertz CT molecular complexity index is 115. The van der Waals surface area contributed by atoms with Crippen LogP contribution in [0.25, 0.3) is 0 Å². The van der Waals surface area contributed by atoms with Gasteiger partial charge in [-0.05, 0) is 37.0 Å². The zero-order valence-electron chi connectivity index (χ0n) is 7.98. The van der Waals surface area contributed by atoms with E-state index in [2.05, 4.69) is 20.8 Å². The molecule has 0 amide bonds. The summed E-state index contributed by atoms with van der Waals surface area (Å²) < 4.78 is 0. The van der Waals surface area contributed by atoms with E-state index >= 15 is 0 Å². The molecule has 0 unspecified atom stereocenters. The number of nitrogens with one attached hydrogen (secondary N) is 1. The van der Waals surface area contributed by atoms with Crippen molar-refractivity contribution >= 4 is 0 Å². The van der Waals surface area contributed by atoms with Crippen molar-refractivity contribution in [3.63, 3.8) is 0 Å². The van der Waals surface area contributed by atoms with E-state index in [9.17, 15) is 0 Å². The summed E-state index contributed by atoms with van der Waals surface area (Å²) in [4.78, 5) is 0. The molecular weight excluding hydrogens is 134 g/mol. The second-order valence-electron chi connectivity index (χ2n) is 4.91. The summed E-state index contributed by atoms with van der Waals surface area (Å²) in [7, 11) is 0. The van der Waals surface area contributed by atoms with E-state index in [0.717, 1.165) is 18.8 Å². The predicted octanol–water partition coefficient (Wildman–Crippen LogP) is 2.87. The SMILES string of the molecule is CC(C)(C)[C@H]1CC[C@H]([NH])CC1. The Kier molecular flexibility index (Phi) is 2.58. The Morgan fingerprint density at radius 1 is 1.00 bits per heavy atom. The molecule has 0 heterocycles.